The second kappa shape index (κ2) is 5.37. The molecule has 1 aliphatic rings. The van der Waals surface area contributed by atoms with Crippen LogP contribution in [0.4, 0.5) is 0 Å². The van der Waals surface area contributed by atoms with Crippen LogP contribution < -0.4 is 10.1 Å². The van der Waals surface area contributed by atoms with Crippen LogP contribution in [0.1, 0.15) is 16.8 Å². The third-order valence-corrected chi connectivity index (χ3v) is 3.01. The maximum atomic E-state index is 11.8. The average Bonchev–Trinajstić information content (AvgIpc) is 2.83. The maximum absolute atomic E-state index is 11.8. The lowest BCUT2D eigenvalue weighted by Gasteiger charge is -2.20. The molecule has 1 fully saturated rings. The van der Waals surface area contributed by atoms with E-state index < -0.39 is 5.60 Å². The summed E-state index contributed by atoms with van der Waals surface area (Å²) in [7, 11) is 1.57. The predicted octanol–water partition coefficient (Wildman–Crippen LogP) is 0.576. The van der Waals surface area contributed by atoms with Gasteiger partial charge in [-0.05, 0) is 24.3 Å². The highest BCUT2D eigenvalue weighted by molar-refractivity contribution is 5.94. The van der Waals surface area contributed by atoms with Gasteiger partial charge in [-0.15, -0.1) is 0 Å². The van der Waals surface area contributed by atoms with Gasteiger partial charge in [-0.2, -0.15) is 0 Å². The number of hydrogen-bond donors (Lipinski definition) is 2. The van der Waals surface area contributed by atoms with Crippen molar-refractivity contribution >= 4 is 5.91 Å². The fourth-order valence-electron chi connectivity index (χ4n) is 1.83. The Kier molecular flexibility index (Phi) is 3.84. The molecule has 1 aliphatic heterocycles. The molecule has 1 saturated heterocycles. The number of carbonyl (C=O) groups excluding carboxylic acids is 1. The number of hydrogen-bond acceptors (Lipinski definition) is 4. The Morgan fingerprint density at radius 3 is 2.78 bits per heavy atom. The molecule has 1 amide bonds. The summed E-state index contributed by atoms with van der Waals surface area (Å²) in [5.74, 6) is 0.493. The molecule has 5 heteroatoms. The molecule has 0 bridgehead atoms. The van der Waals surface area contributed by atoms with Crippen molar-refractivity contribution in [3.8, 4) is 5.75 Å². The molecule has 2 rings (SSSR count). The first-order valence-corrected chi connectivity index (χ1v) is 5.85. The van der Waals surface area contributed by atoms with Crippen LogP contribution in [0.15, 0.2) is 24.3 Å². The Bertz CT molecular complexity index is 410. The van der Waals surface area contributed by atoms with Crippen molar-refractivity contribution in [2.24, 2.45) is 0 Å². The van der Waals surface area contributed by atoms with E-state index in [2.05, 4.69) is 5.32 Å². The van der Waals surface area contributed by atoms with Crippen LogP contribution in [0.5, 0.6) is 5.75 Å². The van der Waals surface area contributed by atoms with E-state index in [1.54, 1.807) is 31.4 Å². The van der Waals surface area contributed by atoms with Gasteiger partial charge < -0.3 is 19.9 Å². The highest BCUT2D eigenvalue weighted by Gasteiger charge is 2.32. The summed E-state index contributed by atoms with van der Waals surface area (Å²) in [6.07, 6.45) is 0.551. The minimum atomic E-state index is -0.928. The first-order chi connectivity index (χ1) is 8.63. The minimum absolute atomic E-state index is 0.206. The van der Waals surface area contributed by atoms with Gasteiger partial charge in [0.2, 0.25) is 0 Å². The summed E-state index contributed by atoms with van der Waals surface area (Å²) in [6.45, 7) is 1.02. The highest BCUT2D eigenvalue weighted by atomic mass is 16.5. The Balaban J connectivity index is 1.90. The quantitative estimate of drug-likeness (QED) is 0.821. The number of nitrogens with one attached hydrogen (secondary N) is 1. The smallest absolute Gasteiger partial charge is 0.251 e. The number of carbonyl (C=O) groups is 1. The number of amides is 1. The maximum Gasteiger partial charge on any atom is 0.251 e. The molecule has 0 spiro atoms. The van der Waals surface area contributed by atoms with Crippen LogP contribution in [0, 0.1) is 0 Å². The van der Waals surface area contributed by atoms with E-state index in [0.717, 1.165) is 0 Å². The predicted molar refractivity (Wildman–Crippen MR) is 65.7 cm³/mol. The summed E-state index contributed by atoms with van der Waals surface area (Å²) in [5, 5.41) is 12.7. The van der Waals surface area contributed by atoms with Crippen molar-refractivity contribution in [1.82, 2.24) is 5.32 Å². The number of ether oxygens (including phenoxy) is 2. The third-order valence-electron chi connectivity index (χ3n) is 3.01. The molecule has 0 radical (unpaired) electrons. The standard InChI is InChI=1S/C13H17NO4/c1-17-11-4-2-10(3-5-11)12(15)14-8-13(16)6-7-18-9-13/h2-5,16H,6-9H2,1H3,(H,14,15). The lowest BCUT2D eigenvalue weighted by Crippen LogP contribution is -2.43. The van der Waals surface area contributed by atoms with E-state index in [-0.39, 0.29) is 19.1 Å². The van der Waals surface area contributed by atoms with Crippen molar-refractivity contribution in [3.05, 3.63) is 29.8 Å². The molecular formula is C13H17NO4. The van der Waals surface area contributed by atoms with Gasteiger partial charge in [-0.1, -0.05) is 0 Å². The van der Waals surface area contributed by atoms with Crippen LogP contribution in [0.3, 0.4) is 0 Å². The Labute approximate surface area is 106 Å². The molecule has 1 aromatic carbocycles. The third kappa shape index (κ3) is 3.00. The molecule has 18 heavy (non-hydrogen) atoms. The SMILES string of the molecule is COc1ccc(C(=O)NCC2(O)CCOC2)cc1. The average molecular weight is 251 g/mol. The van der Waals surface area contributed by atoms with Gasteiger partial charge in [-0.3, -0.25) is 4.79 Å². The van der Waals surface area contributed by atoms with Gasteiger partial charge in [0, 0.05) is 25.1 Å². The number of rotatable bonds is 4. The minimum Gasteiger partial charge on any atom is -0.497 e. The first-order valence-electron chi connectivity index (χ1n) is 5.85. The normalized spacial score (nSPS) is 22.8. The van der Waals surface area contributed by atoms with E-state index in [1.807, 2.05) is 0 Å². The van der Waals surface area contributed by atoms with Crippen LogP contribution in [-0.4, -0.2) is 43.5 Å². The summed E-state index contributed by atoms with van der Waals surface area (Å²) in [6, 6.07) is 6.82. The van der Waals surface area contributed by atoms with Crippen molar-refractivity contribution < 1.29 is 19.4 Å². The van der Waals surface area contributed by atoms with E-state index in [1.165, 1.54) is 0 Å². The molecule has 1 aromatic rings. The van der Waals surface area contributed by atoms with E-state index in [0.29, 0.717) is 24.3 Å². The summed E-state index contributed by atoms with van der Waals surface area (Å²) < 4.78 is 10.1. The van der Waals surface area contributed by atoms with E-state index in [9.17, 15) is 9.90 Å². The van der Waals surface area contributed by atoms with Crippen LogP contribution in [-0.2, 0) is 4.74 Å². The second-order valence-corrected chi connectivity index (χ2v) is 4.44. The fraction of sp³-hybridized carbons (Fsp3) is 0.462. The molecule has 0 aromatic heterocycles. The van der Waals surface area contributed by atoms with Crippen molar-refractivity contribution in [2.75, 3.05) is 26.9 Å². The van der Waals surface area contributed by atoms with Gasteiger partial charge >= 0.3 is 0 Å². The first kappa shape index (κ1) is 12.9. The van der Waals surface area contributed by atoms with Crippen LogP contribution in [0.25, 0.3) is 0 Å². The molecule has 0 aliphatic carbocycles. The van der Waals surface area contributed by atoms with Gasteiger partial charge in [0.05, 0.1) is 13.7 Å². The Morgan fingerprint density at radius 2 is 2.22 bits per heavy atom. The zero-order valence-corrected chi connectivity index (χ0v) is 10.3. The topological polar surface area (TPSA) is 67.8 Å². The van der Waals surface area contributed by atoms with Crippen molar-refractivity contribution in [2.45, 2.75) is 12.0 Å². The van der Waals surface area contributed by atoms with E-state index >= 15 is 0 Å². The number of benzene rings is 1. The molecular weight excluding hydrogens is 234 g/mol. The summed E-state index contributed by atoms with van der Waals surface area (Å²) in [4.78, 5) is 11.8. The van der Waals surface area contributed by atoms with Gasteiger partial charge in [0.15, 0.2) is 0 Å². The number of methoxy groups -OCH3 is 1. The molecule has 2 N–H and O–H groups in total. The lowest BCUT2D eigenvalue weighted by molar-refractivity contribution is 0.0264. The van der Waals surface area contributed by atoms with Gasteiger partial charge in [0.1, 0.15) is 11.4 Å². The fourth-order valence-corrected chi connectivity index (χ4v) is 1.83. The monoisotopic (exact) mass is 251 g/mol. The Hall–Kier alpha value is -1.59. The van der Waals surface area contributed by atoms with E-state index in [4.69, 9.17) is 9.47 Å². The molecule has 98 valence electrons. The Morgan fingerprint density at radius 1 is 1.50 bits per heavy atom. The zero-order valence-electron chi connectivity index (χ0n) is 10.3. The molecule has 1 atom stereocenters. The van der Waals surface area contributed by atoms with Crippen molar-refractivity contribution in [3.63, 3.8) is 0 Å². The highest BCUT2D eigenvalue weighted by Crippen LogP contribution is 2.17. The summed E-state index contributed by atoms with van der Waals surface area (Å²) in [5.41, 5.74) is -0.388. The van der Waals surface area contributed by atoms with Gasteiger partial charge in [-0.25, -0.2) is 0 Å². The second-order valence-electron chi connectivity index (χ2n) is 4.44. The molecule has 1 unspecified atom stereocenters. The zero-order chi connectivity index (χ0) is 13.0. The largest absolute Gasteiger partial charge is 0.497 e. The summed E-state index contributed by atoms with van der Waals surface area (Å²) >= 11 is 0. The van der Waals surface area contributed by atoms with Crippen LogP contribution in [0.2, 0.25) is 0 Å². The molecule has 0 saturated carbocycles. The lowest BCUT2D eigenvalue weighted by atomic mass is 10.0. The van der Waals surface area contributed by atoms with Crippen LogP contribution >= 0.6 is 0 Å². The number of aliphatic hydroxyl groups is 1. The molecule has 5 nitrogen and oxygen atoms in total. The molecule has 1 heterocycles. The van der Waals surface area contributed by atoms with Crippen molar-refractivity contribution in [1.29, 1.82) is 0 Å². The van der Waals surface area contributed by atoms with Gasteiger partial charge in [0.25, 0.3) is 5.91 Å².